The van der Waals surface area contributed by atoms with Crippen molar-refractivity contribution in [2.75, 3.05) is 0 Å². The molecular formula is C6H17N2O4P. The SMILES string of the molecule is CCC(ON)P(=O)(O)C(CC)ON. The zero-order chi connectivity index (χ0) is 10.5. The minimum atomic E-state index is -3.61. The summed E-state index contributed by atoms with van der Waals surface area (Å²) in [6.07, 6.45) is 0.675. The van der Waals surface area contributed by atoms with Gasteiger partial charge in [-0.2, -0.15) is 0 Å². The van der Waals surface area contributed by atoms with Gasteiger partial charge in [0.25, 0.3) is 7.37 Å². The van der Waals surface area contributed by atoms with Crippen molar-refractivity contribution in [2.24, 2.45) is 11.8 Å². The highest BCUT2D eigenvalue weighted by atomic mass is 31.2. The van der Waals surface area contributed by atoms with E-state index in [1.807, 2.05) is 0 Å². The first-order valence-corrected chi connectivity index (χ1v) is 5.87. The third-order valence-electron chi connectivity index (χ3n) is 1.84. The first kappa shape index (κ1) is 13.0. The van der Waals surface area contributed by atoms with Gasteiger partial charge in [0.15, 0.2) is 11.7 Å². The van der Waals surface area contributed by atoms with Crippen molar-refractivity contribution in [3.63, 3.8) is 0 Å². The van der Waals surface area contributed by atoms with Gasteiger partial charge < -0.3 is 4.89 Å². The summed E-state index contributed by atoms with van der Waals surface area (Å²) >= 11 is 0. The van der Waals surface area contributed by atoms with Crippen molar-refractivity contribution < 1.29 is 19.1 Å². The molecule has 0 amide bonds. The summed E-state index contributed by atoms with van der Waals surface area (Å²) in [5, 5.41) is 0. The Labute approximate surface area is 77.5 Å². The van der Waals surface area contributed by atoms with Gasteiger partial charge in [-0.3, -0.25) is 14.2 Å². The van der Waals surface area contributed by atoms with Gasteiger partial charge in [0.2, 0.25) is 0 Å². The first-order valence-electron chi connectivity index (χ1n) is 4.07. The van der Waals surface area contributed by atoms with Gasteiger partial charge in [-0.1, -0.05) is 13.8 Å². The fourth-order valence-electron chi connectivity index (χ4n) is 1.08. The largest absolute Gasteiger partial charge is 0.341 e. The lowest BCUT2D eigenvalue weighted by Gasteiger charge is -2.25. The second kappa shape index (κ2) is 5.70. The molecule has 0 aromatic rings. The van der Waals surface area contributed by atoms with E-state index in [2.05, 4.69) is 9.68 Å². The molecule has 7 heteroatoms. The van der Waals surface area contributed by atoms with Crippen molar-refractivity contribution in [3.8, 4) is 0 Å². The number of nitrogens with two attached hydrogens (primary N) is 2. The van der Waals surface area contributed by atoms with Crippen molar-refractivity contribution >= 4 is 7.37 Å². The molecular weight excluding hydrogens is 195 g/mol. The van der Waals surface area contributed by atoms with E-state index in [-0.39, 0.29) is 0 Å². The first-order chi connectivity index (χ1) is 6.04. The fraction of sp³-hybridized carbons (Fsp3) is 1.00. The Balaban J connectivity index is 4.59. The van der Waals surface area contributed by atoms with Gasteiger partial charge >= 0.3 is 0 Å². The Kier molecular flexibility index (Phi) is 5.71. The molecule has 0 radical (unpaired) electrons. The average Bonchev–Trinajstić information content (AvgIpc) is 2.07. The van der Waals surface area contributed by atoms with Gasteiger partial charge in [0.05, 0.1) is 0 Å². The molecule has 0 aliphatic heterocycles. The fourth-order valence-corrected chi connectivity index (χ4v) is 2.84. The van der Waals surface area contributed by atoms with E-state index in [0.717, 1.165) is 0 Å². The highest BCUT2D eigenvalue weighted by Gasteiger charge is 2.38. The molecule has 0 aromatic carbocycles. The molecule has 0 aliphatic carbocycles. The van der Waals surface area contributed by atoms with E-state index in [0.29, 0.717) is 12.8 Å². The molecule has 0 fully saturated rings. The van der Waals surface area contributed by atoms with Gasteiger partial charge in [-0.15, -0.1) is 0 Å². The van der Waals surface area contributed by atoms with Crippen LogP contribution in [0.2, 0.25) is 0 Å². The van der Waals surface area contributed by atoms with Gasteiger partial charge in [-0.25, -0.2) is 11.8 Å². The summed E-state index contributed by atoms with van der Waals surface area (Å²) in [6, 6.07) is 0. The van der Waals surface area contributed by atoms with E-state index in [1.165, 1.54) is 0 Å². The van der Waals surface area contributed by atoms with Crippen molar-refractivity contribution in [1.82, 2.24) is 0 Å². The lowest BCUT2D eigenvalue weighted by molar-refractivity contribution is 0.0619. The summed E-state index contributed by atoms with van der Waals surface area (Å²) in [7, 11) is -3.61. The standard InChI is InChI=1S/C6H17N2O4P/c1-3-5(11-7)13(9,10)6(4-2)12-8/h5-6H,3-4,7-8H2,1-2H3,(H,9,10). The van der Waals surface area contributed by atoms with Crippen LogP contribution in [-0.4, -0.2) is 16.6 Å². The van der Waals surface area contributed by atoms with Crippen molar-refractivity contribution in [3.05, 3.63) is 0 Å². The van der Waals surface area contributed by atoms with Crippen LogP contribution >= 0.6 is 7.37 Å². The summed E-state index contributed by atoms with van der Waals surface area (Å²) in [5.74, 6) is 7.94. The van der Waals surface area contributed by atoms with E-state index in [1.54, 1.807) is 13.8 Å². The van der Waals surface area contributed by atoms with Crippen LogP contribution in [0.4, 0.5) is 0 Å². The zero-order valence-electron chi connectivity index (χ0n) is 7.84. The Morgan fingerprint density at radius 1 is 1.23 bits per heavy atom. The van der Waals surface area contributed by atoms with Gasteiger partial charge in [-0.05, 0) is 12.8 Å². The minimum absolute atomic E-state index is 0.337. The van der Waals surface area contributed by atoms with Crippen LogP contribution < -0.4 is 11.8 Å². The predicted octanol–water partition coefficient (Wildman–Crippen LogP) is 0.510. The van der Waals surface area contributed by atoms with E-state index >= 15 is 0 Å². The Morgan fingerprint density at radius 2 is 1.54 bits per heavy atom. The second-order valence-corrected chi connectivity index (χ2v) is 5.17. The maximum atomic E-state index is 11.7. The summed E-state index contributed by atoms with van der Waals surface area (Å²) in [6.45, 7) is 3.40. The number of hydrogen-bond acceptors (Lipinski definition) is 5. The predicted molar refractivity (Wildman–Crippen MR) is 48.5 cm³/mol. The summed E-state index contributed by atoms with van der Waals surface area (Å²) in [4.78, 5) is 18.4. The molecule has 0 aliphatic rings. The maximum absolute atomic E-state index is 11.7. The van der Waals surface area contributed by atoms with Crippen LogP contribution in [0, 0.1) is 0 Å². The molecule has 2 atom stereocenters. The highest BCUT2D eigenvalue weighted by Crippen LogP contribution is 2.53. The van der Waals surface area contributed by atoms with Crippen LogP contribution in [0.1, 0.15) is 26.7 Å². The normalized spacial score (nSPS) is 20.7. The third-order valence-corrected chi connectivity index (χ3v) is 4.46. The highest BCUT2D eigenvalue weighted by molar-refractivity contribution is 7.59. The molecule has 5 N–H and O–H groups in total. The van der Waals surface area contributed by atoms with Crippen LogP contribution in [0.25, 0.3) is 0 Å². The number of hydrogen-bond donors (Lipinski definition) is 3. The molecule has 0 bridgehead atoms. The molecule has 0 heterocycles. The Hall–Kier alpha value is 0.0300. The third kappa shape index (κ3) is 3.02. The zero-order valence-corrected chi connectivity index (χ0v) is 8.74. The summed E-state index contributed by atoms with van der Waals surface area (Å²) < 4.78 is 11.7. The van der Waals surface area contributed by atoms with Gasteiger partial charge in [0.1, 0.15) is 0 Å². The van der Waals surface area contributed by atoms with Crippen LogP contribution in [0.5, 0.6) is 0 Å². The quantitative estimate of drug-likeness (QED) is 0.437. The van der Waals surface area contributed by atoms with Crippen molar-refractivity contribution in [2.45, 2.75) is 38.4 Å². The average molecular weight is 212 g/mol. The molecule has 0 spiro atoms. The topological polar surface area (TPSA) is 108 Å². The molecule has 0 aromatic heterocycles. The lowest BCUT2D eigenvalue weighted by Crippen LogP contribution is -2.26. The van der Waals surface area contributed by atoms with Crippen LogP contribution in [0.3, 0.4) is 0 Å². The van der Waals surface area contributed by atoms with E-state index in [4.69, 9.17) is 11.8 Å². The van der Waals surface area contributed by atoms with Crippen molar-refractivity contribution in [1.29, 1.82) is 0 Å². The smallest absolute Gasteiger partial charge is 0.260 e. The lowest BCUT2D eigenvalue weighted by atomic mass is 10.5. The molecule has 0 rings (SSSR count). The summed E-state index contributed by atoms with van der Waals surface area (Å²) in [5.41, 5.74) is 0. The van der Waals surface area contributed by atoms with Crippen LogP contribution in [-0.2, 0) is 14.2 Å². The Morgan fingerprint density at radius 3 is 1.69 bits per heavy atom. The van der Waals surface area contributed by atoms with E-state index in [9.17, 15) is 9.46 Å². The molecule has 80 valence electrons. The molecule has 0 saturated carbocycles. The minimum Gasteiger partial charge on any atom is -0.341 e. The molecule has 2 unspecified atom stereocenters. The van der Waals surface area contributed by atoms with Gasteiger partial charge in [0, 0.05) is 0 Å². The molecule has 6 nitrogen and oxygen atoms in total. The van der Waals surface area contributed by atoms with Crippen LogP contribution in [0.15, 0.2) is 0 Å². The Bertz CT molecular complexity index is 165. The monoisotopic (exact) mass is 212 g/mol. The second-order valence-electron chi connectivity index (χ2n) is 2.67. The maximum Gasteiger partial charge on any atom is 0.260 e. The molecule has 0 saturated heterocycles. The number of rotatable bonds is 6. The molecule has 13 heavy (non-hydrogen) atoms. The van der Waals surface area contributed by atoms with E-state index < -0.39 is 19.1 Å².